The van der Waals surface area contributed by atoms with Gasteiger partial charge in [0.1, 0.15) is 0 Å². The average Bonchev–Trinajstić information content (AvgIpc) is 2.27. The van der Waals surface area contributed by atoms with E-state index in [1.165, 1.54) is 12.1 Å². The van der Waals surface area contributed by atoms with E-state index in [1.54, 1.807) is 0 Å². The molecule has 1 aromatic carbocycles. The van der Waals surface area contributed by atoms with Crippen molar-refractivity contribution in [1.82, 2.24) is 5.43 Å². The molecule has 0 radical (unpaired) electrons. The molecule has 0 amide bonds. The number of nitrogens with two attached hydrogens (primary N) is 1. The second kappa shape index (κ2) is 5.53. The van der Waals surface area contributed by atoms with E-state index in [4.69, 9.17) is 5.73 Å². The van der Waals surface area contributed by atoms with Crippen molar-refractivity contribution in [3.63, 3.8) is 0 Å². The lowest BCUT2D eigenvalue weighted by Gasteiger charge is -2.08. The first-order valence-electron chi connectivity index (χ1n) is 4.64. The maximum atomic E-state index is 12.3. The zero-order valence-electron chi connectivity index (χ0n) is 9.18. The summed E-state index contributed by atoms with van der Waals surface area (Å²) < 4.78 is 59.3. The molecule has 3 N–H and O–H groups in total. The van der Waals surface area contributed by atoms with Gasteiger partial charge in [0.15, 0.2) is 5.11 Å². The minimum absolute atomic E-state index is 0.129. The third kappa shape index (κ3) is 3.89. The SMILES string of the molecule is NC(=S)NN=Cc1cccc(S(=O)(=O)C(F)(F)F)c1. The monoisotopic (exact) mass is 311 g/mol. The molecule has 0 aromatic heterocycles. The van der Waals surface area contributed by atoms with E-state index >= 15 is 0 Å². The molecular weight excluding hydrogens is 303 g/mol. The van der Waals surface area contributed by atoms with Gasteiger partial charge in [0.2, 0.25) is 0 Å². The fourth-order valence-corrected chi connectivity index (χ4v) is 1.93. The molecule has 1 rings (SSSR count). The van der Waals surface area contributed by atoms with E-state index in [-0.39, 0.29) is 10.7 Å². The standard InChI is InChI=1S/C9H8F3N3O2S2/c10-9(11,12)19(16,17)7-3-1-2-6(4-7)5-14-15-8(13)18/h1-5H,(H3,13,15,18). The van der Waals surface area contributed by atoms with Crippen molar-refractivity contribution in [1.29, 1.82) is 0 Å². The van der Waals surface area contributed by atoms with Gasteiger partial charge in [-0.3, -0.25) is 5.43 Å². The molecule has 0 aliphatic carbocycles. The second-order valence-electron chi connectivity index (χ2n) is 3.26. The van der Waals surface area contributed by atoms with E-state index in [1.807, 2.05) is 0 Å². The van der Waals surface area contributed by atoms with Crippen molar-refractivity contribution in [3.8, 4) is 0 Å². The Morgan fingerprint density at radius 3 is 2.58 bits per heavy atom. The van der Waals surface area contributed by atoms with Crippen LogP contribution in [0.25, 0.3) is 0 Å². The molecule has 0 spiro atoms. The first-order chi connectivity index (χ1) is 8.64. The maximum absolute atomic E-state index is 12.3. The normalized spacial score (nSPS) is 12.6. The molecular formula is C9H8F3N3O2S2. The third-order valence-corrected chi connectivity index (χ3v) is 3.44. The summed E-state index contributed by atoms with van der Waals surface area (Å²) in [5.41, 5.74) is 2.06. The van der Waals surface area contributed by atoms with Gasteiger partial charge in [-0.1, -0.05) is 12.1 Å². The summed E-state index contributed by atoms with van der Waals surface area (Å²) in [5, 5.41) is 3.38. The quantitative estimate of drug-likeness (QED) is 0.497. The van der Waals surface area contributed by atoms with E-state index in [9.17, 15) is 21.6 Å². The molecule has 19 heavy (non-hydrogen) atoms. The van der Waals surface area contributed by atoms with Crippen LogP contribution in [0.5, 0.6) is 0 Å². The number of thiocarbonyl (C=S) groups is 1. The van der Waals surface area contributed by atoms with Crippen LogP contribution < -0.4 is 11.2 Å². The summed E-state index contributed by atoms with van der Waals surface area (Å²) in [6.07, 6.45) is 1.09. The predicted molar refractivity (Wildman–Crippen MR) is 67.2 cm³/mol. The molecule has 104 valence electrons. The number of rotatable bonds is 3. The fourth-order valence-electron chi connectivity index (χ4n) is 1.07. The summed E-state index contributed by atoms with van der Waals surface area (Å²) in [4.78, 5) is -0.862. The zero-order valence-corrected chi connectivity index (χ0v) is 10.8. The number of sulfone groups is 1. The number of alkyl halides is 3. The van der Waals surface area contributed by atoms with Crippen LogP contribution in [0, 0.1) is 0 Å². The van der Waals surface area contributed by atoms with Crippen LogP contribution in [0.3, 0.4) is 0 Å². The van der Waals surface area contributed by atoms with E-state index < -0.39 is 20.2 Å². The highest BCUT2D eigenvalue weighted by Crippen LogP contribution is 2.30. The van der Waals surface area contributed by atoms with Gasteiger partial charge in [0.25, 0.3) is 9.84 Å². The molecule has 10 heteroatoms. The van der Waals surface area contributed by atoms with Crippen LogP contribution in [0.1, 0.15) is 5.56 Å². The first-order valence-corrected chi connectivity index (χ1v) is 6.53. The van der Waals surface area contributed by atoms with Gasteiger partial charge < -0.3 is 5.73 Å². The number of benzene rings is 1. The number of hydrogen-bond acceptors (Lipinski definition) is 4. The number of hydrogen-bond donors (Lipinski definition) is 2. The number of hydrazone groups is 1. The Morgan fingerprint density at radius 1 is 1.42 bits per heavy atom. The number of nitrogens with zero attached hydrogens (tertiary/aromatic N) is 1. The Kier molecular flexibility index (Phi) is 4.48. The average molecular weight is 311 g/mol. The van der Waals surface area contributed by atoms with Crippen LogP contribution in [-0.2, 0) is 9.84 Å². The topological polar surface area (TPSA) is 84.5 Å². The molecule has 0 unspecified atom stereocenters. The highest BCUT2D eigenvalue weighted by Gasteiger charge is 2.46. The highest BCUT2D eigenvalue weighted by atomic mass is 32.2. The summed E-state index contributed by atoms with van der Waals surface area (Å²) in [6.45, 7) is 0. The fraction of sp³-hybridized carbons (Fsp3) is 0.111. The molecule has 1 aromatic rings. The van der Waals surface area contributed by atoms with Gasteiger partial charge in [-0.15, -0.1) is 0 Å². The number of nitrogens with one attached hydrogen (secondary N) is 1. The zero-order chi connectivity index (χ0) is 14.7. The third-order valence-electron chi connectivity index (χ3n) is 1.86. The minimum Gasteiger partial charge on any atom is -0.375 e. The molecule has 0 saturated carbocycles. The summed E-state index contributed by atoms with van der Waals surface area (Å²) >= 11 is 4.45. The molecule has 0 bridgehead atoms. The summed E-state index contributed by atoms with van der Waals surface area (Å²) in [6, 6.07) is 4.23. The molecule has 0 saturated heterocycles. The lowest BCUT2D eigenvalue weighted by Crippen LogP contribution is -2.24. The minimum atomic E-state index is -5.37. The van der Waals surface area contributed by atoms with E-state index in [0.29, 0.717) is 0 Å². The lowest BCUT2D eigenvalue weighted by molar-refractivity contribution is -0.0436. The summed E-state index contributed by atoms with van der Waals surface area (Å²) in [7, 11) is -5.37. The van der Waals surface area contributed by atoms with Gasteiger partial charge >= 0.3 is 5.51 Å². The predicted octanol–water partition coefficient (Wildman–Crippen LogP) is 1.15. The number of halogens is 3. The highest BCUT2D eigenvalue weighted by molar-refractivity contribution is 7.92. The van der Waals surface area contributed by atoms with Crippen LogP contribution >= 0.6 is 12.2 Å². The van der Waals surface area contributed by atoms with Crippen LogP contribution in [0.2, 0.25) is 0 Å². The smallest absolute Gasteiger partial charge is 0.375 e. The van der Waals surface area contributed by atoms with Gasteiger partial charge in [-0.25, -0.2) is 8.42 Å². The van der Waals surface area contributed by atoms with Crippen molar-refractivity contribution >= 4 is 33.4 Å². The van der Waals surface area contributed by atoms with Crippen LogP contribution in [-0.4, -0.2) is 25.3 Å². The van der Waals surface area contributed by atoms with Crippen LogP contribution in [0.15, 0.2) is 34.3 Å². The van der Waals surface area contributed by atoms with Crippen molar-refractivity contribution in [2.24, 2.45) is 10.8 Å². The second-order valence-corrected chi connectivity index (χ2v) is 5.64. The molecule has 0 fully saturated rings. The Hall–Kier alpha value is -1.68. The van der Waals surface area contributed by atoms with Crippen molar-refractivity contribution in [2.75, 3.05) is 0 Å². The van der Waals surface area contributed by atoms with Crippen LogP contribution in [0.4, 0.5) is 13.2 Å². The van der Waals surface area contributed by atoms with Gasteiger partial charge in [-0.2, -0.15) is 18.3 Å². The maximum Gasteiger partial charge on any atom is 0.501 e. The molecule has 0 aliphatic rings. The first kappa shape index (κ1) is 15.4. The largest absolute Gasteiger partial charge is 0.501 e. The Morgan fingerprint density at radius 2 is 2.05 bits per heavy atom. The Bertz CT molecular complexity index is 611. The molecule has 0 aliphatic heterocycles. The van der Waals surface area contributed by atoms with E-state index in [2.05, 4.69) is 22.7 Å². The Balaban J connectivity index is 3.08. The Labute approximate surface area is 112 Å². The van der Waals surface area contributed by atoms with Crippen molar-refractivity contribution < 1.29 is 21.6 Å². The van der Waals surface area contributed by atoms with Crippen molar-refractivity contribution in [2.45, 2.75) is 10.4 Å². The van der Waals surface area contributed by atoms with Gasteiger partial charge in [0.05, 0.1) is 11.1 Å². The molecule has 0 atom stereocenters. The summed E-state index contributed by atoms with van der Waals surface area (Å²) in [5.74, 6) is 0. The molecule has 5 nitrogen and oxygen atoms in total. The molecule has 0 heterocycles. The van der Waals surface area contributed by atoms with Crippen molar-refractivity contribution in [3.05, 3.63) is 29.8 Å². The lowest BCUT2D eigenvalue weighted by atomic mass is 10.2. The van der Waals surface area contributed by atoms with E-state index in [0.717, 1.165) is 18.3 Å². The van der Waals surface area contributed by atoms with Gasteiger partial charge in [0, 0.05) is 0 Å². The van der Waals surface area contributed by atoms with Gasteiger partial charge in [-0.05, 0) is 29.9 Å².